The highest BCUT2D eigenvalue weighted by molar-refractivity contribution is 5.78. The summed E-state index contributed by atoms with van der Waals surface area (Å²) in [5.41, 5.74) is 2.60. The Morgan fingerprint density at radius 1 is 0.825 bits per heavy atom. The number of esters is 1. The van der Waals surface area contributed by atoms with Crippen LogP contribution in [0.3, 0.4) is 0 Å². The maximum atomic E-state index is 16.1. The Kier molecular flexibility index (Phi) is 10.2. The second-order valence-corrected chi connectivity index (χ2v) is 10.0. The Labute approximate surface area is 234 Å². The van der Waals surface area contributed by atoms with Crippen molar-refractivity contribution in [2.24, 2.45) is 5.92 Å². The van der Waals surface area contributed by atoms with Gasteiger partial charge < -0.3 is 14.4 Å². The van der Waals surface area contributed by atoms with Crippen molar-refractivity contribution in [1.82, 2.24) is 9.80 Å². The van der Waals surface area contributed by atoms with Gasteiger partial charge in [-0.05, 0) is 42.4 Å². The Bertz CT molecular complexity index is 1160. The molecule has 1 amide bonds. The van der Waals surface area contributed by atoms with Gasteiger partial charge in [-0.25, -0.2) is 9.59 Å². The first-order valence-electron chi connectivity index (χ1n) is 13.7. The number of nitrogens with zero attached hydrogens (tertiary/aromatic N) is 2. The molecule has 1 aliphatic rings. The first kappa shape index (κ1) is 29.2. The van der Waals surface area contributed by atoms with E-state index in [4.69, 9.17) is 9.47 Å². The van der Waals surface area contributed by atoms with Gasteiger partial charge in [0.05, 0.1) is 12.6 Å². The van der Waals surface area contributed by atoms with Crippen LogP contribution in [0.2, 0.25) is 0 Å². The number of ether oxygens (including phenoxy) is 2. The first-order chi connectivity index (χ1) is 19.4. The molecule has 40 heavy (non-hydrogen) atoms. The number of alkyl halides is 2. The lowest BCUT2D eigenvalue weighted by Crippen LogP contribution is -2.58. The molecule has 0 radical (unpaired) electrons. The van der Waals surface area contributed by atoms with E-state index in [1.807, 2.05) is 91.0 Å². The number of carbonyl (C=O) groups excluding carboxylic acids is 2. The lowest BCUT2D eigenvalue weighted by atomic mass is 9.84. The summed E-state index contributed by atoms with van der Waals surface area (Å²) in [4.78, 5) is 28.6. The van der Waals surface area contributed by atoms with E-state index < -0.39 is 29.9 Å². The number of rotatable bonds is 11. The van der Waals surface area contributed by atoms with Gasteiger partial charge in [0.1, 0.15) is 6.61 Å². The lowest BCUT2D eigenvalue weighted by molar-refractivity contribution is -0.189. The van der Waals surface area contributed by atoms with Gasteiger partial charge in [0.2, 0.25) is 0 Å². The van der Waals surface area contributed by atoms with E-state index in [2.05, 4.69) is 0 Å². The van der Waals surface area contributed by atoms with Crippen LogP contribution in [0.1, 0.15) is 36.5 Å². The van der Waals surface area contributed by atoms with E-state index >= 15 is 8.78 Å². The van der Waals surface area contributed by atoms with Crippen molar-refractivity contribution in [3.63, 3.8) is 0 Å². The first-order valence-corrected chi connectivity index (χ1v) is 13.7. The monoisotopic (exact) mass is 550 g/mol. The Morgan fingerprint density at radius 2 is 1.30 bits per heavy atom. The van der Waals surface area contributed by atoms with Crippen molar-refractivity contribution in [3.8, 4) is 0 Å². The standard InChI is InChI=1S/C32H36F2N2O4/c1-2-39-30(37)32(33,34)29(36(22-25-12-6-3-7-13-25)23-26-14-8-4-9-15-26)28-18-20-35(21-19-28)31(38)40-24-27-16-10-5-11-17-27/h3-17,28-29H,2,18-24H2,1H3. The predicted octanol–water partition coefficient (Wildman–Crippen LogP) is 6.30. The number of hydrogen-bond donors (Lipinski definition) is 0. The van der Waals surface area contributed by atoms with Gasteiger partial charge in [-0.1, -0.05) is 91.0 Å². The van der Waals surface area contributed by atoms with Crippen LogP contribution < -0.4 is 0 Å². The number of amides is 1. The fourth-order valence-electron chi connectivity index (χ4n) is 5.27. The second kappa shape index (κ2) is 14.0. The molecule has 1 heterocycles. The van der Waals surface area contributed by atoms with E-state index in [0.29, 0.717) is 12.8 Å². The van der Waals surface area contributed by atoms with Crippen LogP contribution in [0.5, 0.6) is 0 Å². The third kappa shape index (κ3) is 7.66. The van der Waals surface area contributed by atoms with Gasteiger partial charge in [-0.3, -0.25) is 4.90 Å². The molecule has 1 fully saturated rings. The molecule has 3 aromatic rings. The number of carbonyl (C=O) groups is 2. The number of piperidine rings is 1. The zero-order chi connectivity index (χ0) is 28.4. The van der Waals surface area contributed by atoms with E-state index in [1.54, 1.807) is 9.80 Å². The summed E-state index contributed by atoms with van der Waals surface area (Å²) in [5, 5.41) is 0. The van der Waals surface area contributed by atoms with Gasteiger partial charge in [0.25, 0.3) is 0 Å². The van der Waals surface area contributed by atoms with Gasteiger partial charge >= 0.3 is 18.0 Å². The average Bonchev–Trinajstić information content (AvgIpc) is 2.98. The summed E-state index contributed by atoms with van der Waals surface area (Å²) < 4.78 is 42.4. The van der Waals surface area contributed by atoms with Crippen molar-refractivity contribution < 1.29 is 27.8 Å². The minimum absolute atomic E-state index is 0.135. The van der Waals surface area contributed by atoms with Crippen molar-refractivity contribution >= 4 is 12.1 Å². The summed E-state index contributed by atoms with van der Waals surface area (Å²) in [6.07, 6.45) is 0.141. The SMILES string of the molecule is CCOC(=O)C(F)(F)C(C1CCN(C(=O)OCc2ccccc2)CC1)N(Cc1ccccc1)Cc1ccccc1. The quantitative estimate of drug-likeness (QED) is 0.262. The van der Waals surface area contributed by atoms with E-state index in [-0.39, 0.29) is 39.4 Å². The third-order valence-electron chi connectivity index (χ3n) is 7.22. The fourth-order valence-corrected chi connectivity index (χ4v) is 5.27. The van der Waals surface area contributed by atoms with Gasteiger partial charge in [-0.2, -0.15) is 8.78 Å². The summed E-state index contributed by atoms with van der Waals surface area (Å²) in [7, 11) is 0. The molecule has 3 aromatic carbocycles. The lowest BCUT2D eigenvalue weighted by Gasteiger charge is -2.43. The van der Waals surface area contributed by atoms with Crippen LogP contribution in [0.15, 0.2) is 91.0 Å². The van der Waals surface area contributed by atoms with Gasteiger partial charge in [0.15, 0.2) is 0 Å². The molecule has 0 spiro atoms. The Morgan fingerprint density at radius 3 is 1.77 bits per heavy atom. The molecule has 0 aromatic heterocycles. The highest BCUT2D eigenvalue weighted by Crippen LogP contribution is 2.37. The largest absolute Gasteiger partial charge is 0.462 e. The van der Waals surface area contributed by atoms with Crippen LogP contribution in [-0.2, 0) is 34.0 Å². The highest BCUT2D eigenvalue weighted by atomic mass is 19.3. The summed E-state index contributed by atoms with van der Waals surface area (Å²) in [6.45, 7) is 2.52. The molecule has 1 unspecified atom stereocenters. The number of likely N-dealkylation sites (tertiary alicyclic amines) is 1. The zero-order valence-corrected chi connectivity index (χ0v) is 22.8. The smallest absolute Gasteiger partial charge is 0.410 e. The molecule has 0 aliphatic carbocycles. The molecule has 6 nitrogen and oxygen atoms in total. The zero-order valence-electron chi connectivity index (χ0n) is 22.8. The van der Waals surface area contributed by atoms with E-state index in [0.717, 1.165) is 16.7 Å². The van der Waals surface area contributed by atoms with Crippen LogP contribution in [0.4, 0.5) is 13.6 Å². The minimum Gasteiger partial charge on any atom is -0.462 e. The minimum atomic E-state index is -3.75. The van der Waals surface area contributed by atoms with Crippen LogP contribution in [0.25, 0.3) is 0 Å². The molecule has 1 saturated heterocycles. The summed E-state index contributed by atoms with van der Waals surface area (Å²) in [5.74, 6) is -5.82. The molecule has 1 aliphatic heterocycles. The molecule has 212 valence electrons. The molecule has 1 atom stereocenters. The van der Waals surface area contributed by atoms with Crippen molar-refractivity contribution in [3.05, 3.63) is 108 Å². The molecule has 8 heteroatoms. The maximum absolute atomic E-state index is 16.1. The second-order valence-electron chi connectivity index (χ2n) is 10.0. The predicted molar refractivity (Wildman–Crippen MR) is 148 cm³/mol. The topological polar surface area (TPSA) is 59.1 Å². The average molecular weight is 551 g/mol. The Balaban J connectivity index is 1.55. The van der Waals surface area contributed by atoms with Crippen LogP contribution in [0, 0.1) is 5.92 Å². The Hall–Kier alpha value is -3.78. The van der Waals surface area contributed by atoms with E-state index in [9.17, 15) is 9.59 Å². The molecular weight excluding hydrogens is 514 g/mol. The number of benzene rings is 3. The van der Waals surface area contributed by atoms with Crippen molar-refractivity contribution in [1.29, 1.82) is 0 Å². The van der Waals surface area contributed by atoms with Gasteiger partial charge in [-0.15, -0.1) is 0 Å². The molecular formula is C32H36F2N2O4. The van der Waals surface area contributed by atoms with Gasteiger partial charge in [0, 0.05) is 26.2 Å². The van der Waals surface area contributed by atoms with Crippen LogP contribution >= 0.6 is 0 Å². The summed E-state index contributed by atoms with van der Waals surface area (Å²) >= 11 is 0. The molecule has 4 rings (SSSR count). The van der Waals surface area contributed by atoms with Crippen molar-refractivity contribution in [2.75, 3.05) is 19.7 Å². The maximum Gasteiger partial charge on any atom is 0.410 e. The normalized spacial score (nSPS) is 15.1. The highest BCUT2D eigenvalue weighted by Gasteiger charge is 2.55. The number of halogens is 2. The van der Waals surface area contributed by atoms with Crippen molar-refractivity contribution in [2.45, 2.75) is 51.4 Å². The number of hydrogen-bond acceptors (Lipinski definition) is 5. The summed E-state index contributed by atoms with van der Waals surface area (Å²) in [6, 6.07) is 26.7. The third-order valence-corrected chi connectivity index (χ3v) is 7.22. The van der Waals surface area contributed by atoms with E-state index in [1.165, 1.54) is 6.92 Å². The molecule has 0 bridgehead atoms. The molecule has 0 N–H and O–H groups in total. The molecule has 0 saturated carbocycles. The fraction of sp³-hybridized carbons (Fsp3) is 0.375. The van der Waals surface area contributed by atoms with Crippen LogP contribution in [-0.4, -0.2) is 53.5 Å².